The van der Waals surface area contributed by atoms with Crippen LogP contribution >= 0.6 is 0 Å². The summed E-state index contributed by atoms with van der Waals surface area (Å²) in [5.41, 5.74) is -0.375. The van der Waals surface area contributed by atoms with Crippen molar-refractivity contribution in [3.05, 3.63) is 53.9 Å². The standard InChI is InChI=1S/C16H17F3N2O3/c1-21(15(23)14-3-2-8-20-14)9-12(22)10-24-13-6-4-11(5-7-13)16(17,18)19/h2-8,12,20,22H,9-10H2,1H3. The molecule has 0 aliphatic rings. The highest BCUT2D eigenvalue weighted by molar-refractivity contribution is 5.92. The molecule has 1 heterocycles. The number of carbonyl (C=O) groups excluding carboxylic acids is 1. The first kappa shape index (κ1) is 17.9. The van der Waals surface area contributed by atoms with Gasteiger partial charge in [-0.2, -0.15) is 13.2 Å². The molecule has 1 aromatic carbocycles. The van der Waals surface area contributed by atoms with E-state index < -0.39 is 17.8 Å². The quantitative estimate of drug-likeness (QED) is 0.848. The highest BCUT2D eigenvalue weighted by Crippen LogP contribution is 2.30. The minimum Gasteiger partial charge on any atom is -0.491 e. The molecule has 0 fully saturated rings. The highest BCUT2D eigenvalue weighted by Gasteiger charge is 2.30. The number of H-pyrrole nitrogens is 1. The van der Waals surface area contributed by atoms with E-state index in [1.807, 2.05) is 0 Å². The summed E-state index contributed by atoms with van der Waals surface area (Å²) in [5, 5.41) is 9.90. The van der Waals surface area contributed by atoms with Gasteiger partial charge in [-0.1, -0.05) is 0 Å². The molecule has 1 amide bonds. The van der Waals surface area contributed by atoms with Crippen molar-refractivity contribution in [1.29, 1.82) is 0 Å². The van der Waals surface area contributed by atoms with E-state index in [9.17, 15) is 23.1 Å². The Kier molecular flexibility index (Phi) is 5.50. The molecule has 0 bridgehead atoms. The van der Waals surface area contributed by atoms with Gasteiger partial charge in [0.2, 0.25) is 0 Å². The fourth-order valence-corrected chi connectivity index (χ4v) is 2.05. The number of aromatic nitrogens is 1. The van der Waals surface area contributed by atoms with E-state index >= 15 is 0 Å². The lowest BCUT2D eigenvalue weighted by atomic mass is 10.2. The van der Waals surface area contributed by atoms with Crippen LogP contribution in [-0.2, 0) is 6.18 Å². The summed E-state index contributed by atoms with van der Waals surface area (Å²) in [4.78, 5) is 16.1. The molecule has 1 aromatic heterocycles. The van der Waals surface area contributed by atoms with E-state index in [1.165, 1.54) is 24.1 Å². The van der Waals surface area contributed by atoms with Gasteiger partial charge < -0.3 is 19.7 Å². The minimum atomic E-state index is -4.40. The Morgan fingerprint density at radius 3 is 2.50 bits per heavy atom. The van der Waals surface area contributed by atoms with Gasteiger partial charge >= 0.3 is 6.18 Å². The Labute approximate surface area is 136 Å². The van der Waals surface area contributed by atoms with Crippen molar-refractivity contribution in [2.45, 2.75) is 12.3 Å². The Morgan fingerprint density at radius 2 is 1.96 bits per heavy atom. The number of aromatic amines is 1. The van der Waals surface area contributed by atoms with Crippen LogP contribution in [0.4, 0.5) is 13.2 Å². The first-order valence-electron chi connectivity index (χ1n) is 7.14. The summed E-state index contributed by atoms with van der Waals surface area (Å²) in [6.45, 7) is -0.119. The van der Waals surface area contributed by atoms with E-state index in [0.717, 1.165) is 12.1 Å². The number of carbonyl (C=O) groups is 1. The van der Waals surface area contributed by atoms with Gasteiger partial charge in [-0.05, 0) is 36.4 Å². The second-order valence-corrected chi connectivity index (χ2v) is 5.26. The SMILES string of the molecule is CN(CC(O)COc1ccc(C(F)(F)F)cc1)C(=O)c1ccc[nH]1. The molecule has 2 rings (SSSR count). The molecule has 0 aliphatic heterocycles. The van der Waals surface area contributed by atoms with Crippen molar-refractivity contribution in [3.8, 4) is 5.75 Å². The van der Waals surface area contributed by atoms with Gasteiger partial charge in [-0.3, -0.25) is 4.79 Å². The molecule has 0 spiro atoms. The van der Waals surface area contributed by atoms with Crippen LogP contribution in [0, 0.1) is 0 Å². The van der Waals surface area contributed by atoms with Crippen molar-refractivity contribution in [2.75, 3.05) is 20.2 Å². The molecule has 0 saturated heterocycles. The summed E-state index contributed by atoms with van der Waals surface area (Å²) < 4.78 is 42.6. The molecule has 0 radical (unpaired) electrons. The number of hydrogen-bond donors (Lipinski definition) is 2. The monoisotopic (exact) mass is 342 g/mol. The maximum atomic E-state index is 12.4. The van der Waals surface area contributed by atoms with E-state index in [-0.39, 0.29) is 24.8 Å². The van der Waals surface area contributed by atoms with Crippen LogP contribution in [-0.4, -0.2) is 47.2 Å². The number of rotatable bonds is 6. The minimum absolute atomic E-state index is 0.0263. The third kappa shape index (κ3) is 4.76. The lowest BCUT2D eigenvalue weighted by Crippen LogP contribution is -2.37. The smallest absolute Gasteiger partial charge is 0.416 e. The molecule has 0 aliphatic carbocycles. The van der Waals surface area contributed by atoms with E-state index in [4.69, 9.17) is 4.74 Å². The number of nitrogens with zero attached hydrogens (tertiary/aromatic N) is 1. The number of ether oxygens (including phenoxy) is 1. The van der Waals surface area contributed by atoms with Crippen molar-refractivity contribution in [1.82, 2.24) is 9.88 Å². The molecular formula is C16H17F3N2O3. The average Bonchev–Trinajstić information content (AvgIpc) is 3.06. The molecular weight excluding hydrogens is 325 g/mol. The third-order valence-corrected chi connectivity index (χ3v) is 3.28. The summed E-state index contributed by atoms with van der Waals surface area (Å²) in [7, 11) is 1.53. The van der Waals surface area contributed by atoms with E-state index in [0.29, 0.717) is 5.69 Å². The number of alkyl halides is 3. The van der Waals surface area contributed by atoms with Crippen LogP contribution in [0.25, 0.3) is 0 Å². The maximum Gasteiger partial charge on any atom is 0.416 e. The predicted molar refractivity (Wildman–Crippen MR) is 80.7 cm³/mol. The number of nitrogens with one attached hydrogen (secondary N) is 1. The van der Waals surface area contributed by atoms with Crippen LogP contribution in [0.1, 0.15) is 16.1 Å². The van der Waals surface area contributed by atoms with Gasteiger partial charge in [-0.25, -0.2) is 0 Å². The summed E-state index contributed by atoms with van der Waals surface area (Å²) in [5.74, 6) is -0.0750. The number of hydrogen-bond acceptors (Lipinski definition) is 3. The van der Waals surface area contributed by atoms with Gasteiger partial charge in [0.05, 0.1) is 5.56 Å². The van der Waals surface area contributed by atoms with Crippen LogP contribution in [0.3, 0.4) is 0 Å². The van der Waals surface area contributed by atoms with Crippen molar-refractivity contribution >= 4 is 5.91 Å². The Hall–Kier alpha value is -2.48. The molecule has 5 nitrogen and oxygen atoms in total. The van der Waals surface area contributed by atoms with E-state index in [1.54, 1.807) is 18.3 Å². The van der Waals surface area contributed by atoms with Crippen LogP contribution in [0.2, 0.25) is 0 Å². The van der Waals surface area contributed by atoms with Gasteiger partial charge in [-0.15, -0.1) is 0 Å². The van der Waals surface area contributed by atoms with Crippen molar-refractivity contribution in [2.24, 2.45) is 0 Å². The van der Waals surface area contributed by atoms with Crippen LogP contribution < -0.4 is 4.74 Å². The lowest BCUT2D eigenvalue weighted by molar-refractivity contribution is -0.137. The van der Waals surface area contributed by atoms with Gasteiger partial charge in [0.1, 0.15) is 24.2 Å². The van der Waals surface area contributed by atoms with Crippen molar-refractivity contribution < 1.29 is 27.8 Å². The van der Waals surface area contributed by atoms with E-state index in [2.05, 4.69) is 4.98 Å². The summed E-state index contributed by atoms with van der Waals surface area (Å²) >= 11 is 0. The number of likely N-dealkylation sites (N-methyl/N-ethyl adjacent to an activating group) is 1. The fraction of sp³-hybridized carbons (Fsp3) is 0.312. The largest absolute Gasteiger partial charge is 0.491 e. The number of amides is 1. The average molecular weight is 342 g/mol. The molecule has 24 heavy (non-hydrogen) atoms. The highest BCUT2D eigenvalue weighted by atomic mass is 19.4. The van der Waals surface area contributed by atoms with Crippen LogP contribution in [0.5, 0.6) is 5.75 Å². The van der Waals surface area contributed by atoms with Crippen molar-refractivity contribution in [3.63, 3.8) is 0 Å². The topological polar surface area (TPSA) is 65.6 Å². The van der Waals surface area contributed by atoms with Gasteiger partial charge in [0, 0.05) is 19.8 Å². The summed E-state index contributed by atoms with van der Waals surface area (Å²) in [6, 6.07) is 7.48. The molecule has 0 saturated carbocycles. The maximum absolute atomic E-state index is 12.4. The molecule has 130 valence electrons. The van der Waals surface area contributed by atoms with Gasteiger partial charge in [0.25, 0.3) is 5.91 Å². The Bertz CT molecular complexity index is 654. The zero-order chi connectivity index (χ0) is 17.7. The number of benzene rings is 1. The first-order valence-corrected chi connectivity index (χ1v) is 7.14. The first-order chi connectivity index (χ1) is 11.3. The Balaban J connectivity index is 1.82. The second-order valence-electron chi connectivity index (χ2n) is 5.26. The second kappa shape index (κ2) is 7.39. The van der Waals surface area contributed by atoms with Gasteiger partial charge in [0.15, 0.2) is 0 Å². The molecule has 1 unspecified atom stereocenters. The number of aliphatic hydroxyl groups is 1. The Morgan fingerprint density at radius 1 is 1.29 bits per heavy atom. The summed E-state index contributed by atoms with van der Waals surface area (Å²) in [6.07, 6.45) is -3.76. The molecule has 2 aromatic rings. The zero-order valence-corrected chi connectivity index (χ0v) is 12.9. The number of halogens is 3. The molecule has 1 atom stereocenters. The number of aliphatic hydroxyl groups excluding tert-OH is 1. The third-order valence-electron chi connectivity index (χ3n) is 3.28. The zero-order valence-electron chi connectivity index (χ0n) is 12.9. The molecule has 8 heteroatoms. The predicted octanol–water partition coefficient (Wildman–Crippen LogP) is 2.55. The molecule has 2 N–H and O–H groups in total. The lowest BCUT2D eigenvalue weighted by Gasteiger charge is -2.20. The fourth-order valence-electron chi connectivity index (χ4n) is 2.05. The van der Waals surface area contributed by atoms with Crippen LogP contribution in [0.15, 0.2) is 42.6 Å². The normalized spacial score (nSPS) is 12.7.